The quantitative estimate of drug-likeness (QED) is 0.213. The number of hydrogen-bond acceptors (Lipinski definition) is 6. The summed E-state index contributed by atoms with van der Waals surface area (Å²) < 4.78 is 12.6. The van der Waals surface area contributed by atoms with Crippen LogP contribution in [0.15, 0.2) is 71.1 Å². The first kappa shape index (κ1) is 26.7. The molecule has 3 aromatic carbocycles. The van der Waals surface area contributed by atoms with Gasteiger partial charge in [-0.1, -0.05) is 32.1 Å². The molecular weight excluding hydrogens is 478 g/mol. The van der Waals surface area contributed by atoms with E-state index < -0.39 is 0 Å². The first-order chi connectivity index (χ1) is 18.3. The van der Waals surface area contributed by atoms with Gasteiger partial charge >= 0.3 is 0 Å². The highest BCUT2D eigenvalue weighted by atomic mass is 16.5. The number of rotatable bonds is 9. The fraction of sp³-hybridized carbons (Fsp3) is 0.258. The number of allylic oxidation sites excluding steroid dienone is 1. The van der Waals surface area contributed by atoms with Crippen molar-refractivity contribution in [2.75, 3.05) is 13.7 Å². The smallest absolute Gasteiger partial charge is 0.282 e. The molecular formula is C31H33N3O4. The van der Waals surface area contributed by atoms with Crippen molar-refractivity contribution in [2.45, 2.75) is 40.0 Å². The van der Waals surface area contributed by atoms with Crippen LogP contribution in [0.1, 0.15) is 48.9 Å². The summed E-state index contributed by atoms with van der Waals surface area (Å²) in [6.45, 7) is 12.5. The number of nitrogens with zero attached hydrogens (tertiary/aromatic N) is 3. The van der Waals surface area contributed by atoms with Gasteiger partial charge in [0, 0.05) is 11.1 Å². The molecule has 7 nitrogen and oxygen atoms in total. The van der Waals surface area contributed by atoms with E-state index in [4.69, 9.17) is 14.5 Å². The van der Waals surface area contributed by atoms with Crippen LogP contribution in [0.5, 0.6) is 17.2 Å². The van der Waals surface area contributed by atoms with Crippen molar-refractivity contribution in [1.82, 2.24) is 9.66 Å². The average molecular weight is 512 g/mol. The highest BCUT2D eigenvalue weighted by molar-refractivity contribution is 5.83. The molecule has 0 fully saturated rings. The van der Waals surface area contributed by atoms with Crippen molar-refractivity contribution < 1.29 is 14.6 Å². The zero-order chi connectivity index (χ0) is 27.4. The maximum absolute atomic E-state index is 13.7. The van der Waals surface area contributed by atoms with Crippen LogP contribution < -0.4 is 15.0 Å². The first-order valence-corrected chi connectivity index (χ1v) is 12.6. The Hall–Kier alpha value is -4.39. The second kappa shape index (κ2) is 11.3. The highest BCUT2D eigenvalue weighted by Crippen LogP contribution is 2.35. The Bertz CT molecular complexity index is 1580. The molecule has 4 aromatic rings. The number of aryl methyl sites for hydroxylation is 1. The Balaban J connectivity index is 1.96. The summed E-state index contributed by atoms with van der Waals surface area (Å²) in [5.41, 5.74) is 4.37. The molecule has 0 aliphatic heterocycles. The third-order valence-corrected chi connectivity index (χ3v) is 6.36. The molecule has 0 saturated carbocycles. The van der Waals surface area contributed by atoms with Gasteiger partial charge in [0.25, 0.3) is 5.56 Å². The van der Waals surface area contributed by atoms with Crippen LogP contribution in [0.4, 0.5) is 0 Å². The minimum atomic E-state index is -0.279. The van der Waals surface area contributed by atoms with Gasteiger partial charge in [0.1, 0.15) is 5.75 Å². The van der Waals surface area contributed by atoms with Crippen LogP contribution in [0, 0.1) is 6.92 Å². The molecule has 0 aliphatic rings. The van der Waals surface area contributed by atoms with Crippen LogP contribution in [-0.2, 0) is 6.42 Å². The lowest BCUT2D eigenvalue weighted by Crippen LogP contribution is -2.21. The van der Waals surface area contributed by atoms with Crippen molar-refractivity contribution in [3.8, 4) is 28.6 Å². The number of hydrogen-bond donors (Lipinski definition) is 1. The van der Waals surface area contributed by atoms with Gasteiger partial charge in [0.05, 0.1) is 30.8 Å². The predicted octanol–water partition coefficient (Wildman–Crippen LogP) is 6.22. The molecule has 1 N–H and O–H groups in total. The molecule has 0 aliphatic carbocycles. The summed E-state index contributed by atoms with van der Waals surface area (Å²) in [7, 11) is 1.49. The van der Waals surface area contributed by atoms with E-state index in [1.54, 1.807) is 30.5 Å². The van der Waals surface area contributed by atoms with Crippen molar-refractivity contribution >= 4 is 17.1 Å². The van der Waals surface area contributed by atoms with Crippen LogP contribution in [-0.4, -0.2) is 34.7 Å². The minimum absolute atomic E-state index is 0.0565. The number of aromatic nitrogens is 2. The van der Waals surface area contributed by atoms with Crippen LogP contribution in [0.25, 0.3) is 22.3 Å². The molecule has 196 valence electrons. The van der Waals surface area contributed by atoms with E-state index in [9.17, 15) is 9.90 Å². The van der Waals surface area contributed by atoms with Crippen molar-refractivity contribution in [3.05, 3.63) is 93.8 Å². The van der Waals surface area contributed by atoms with Gasteiger partial charge in [-0.15, -0.1) is 6.58 Å². The lowest BCUT2D eigenvalue weighted by atomic mass is 9.96. The summed E-state index contributed by atoms with van der Waals surface area (Å²) in [4.78, 5) is 18.6. The van der Waals surface area contributed by atoms with Gasteiger partial charge in [-0.25, -0.2) is 4.98 Å². The fourth-order valence-electron chi connectivity index (χ4n) is 4.43. The number of ether oxygens (including phenoxy) is 2. The molecule has 1 aromatic heterocycles. The summed E-state index contributed by atoms with van der Waals surface area (Å²) in [6.07, 6.45) is 3.73. The van der Waals surface area contributed by atoms with Gasteiger partial charge in [0.15, 0.2) is 17.3 Å². The number of fused-ring (bicyclic) bond motifs is 1. The molecule has 0 spiro atoms. The summed E-state index contributed by atoms with van der Waals surface area (Å²) in [6, 6.07) is 14.7. The minimum Gasteiger partial charge on any atom is -0.504 e. The number of benzene rings is 3. The monoisotopic (exact) mass is 511 g/mol. The molecule has 7 heteroatoms. The SMILES string of the molecule is C=CCc1cc(C=Nn2c(-c3cc(C(C)C)c(OCC)cc3C)nc3ccccc3c2=O)cc(OC)c1O. The van der Waals surface area contributed by atoms with E-state index in [0.29, 0.717) is 46.6 Å². The zero-order valence-corrected chi connectivity index (χ0v) is 22.5. The second-order valence-electron chi connectivity index (χ2n) is 9.33. The number of para-hydroxylation sites is 1. The number of phenolic OH excluding ortho intramolecular Hbond substituents is 1. The maximum atomic E-state index is 13.7. The zero-order valence-electron chi connectivity index (χ0n) is 22.5. The first-order valence-electron chi connectivity index (χ1n) is 12.6. The normalized spacial score (nSPS) is 11.4. The molecule has 4 rings (SSSR count). The molecule has 1 heterocycles. The van der Waals surface area contributed by atoms with Gasteiger partial charge in [0.2, 0.25) is 0 Å². The van der Waals surface area contributed by atoms with Gasteiger partial charge in [-0.3, -0.25) is 4.79 Å². The van der Waals surface area contributed by atoms with Crippen molar-refractivity contribution in [2.24, 2.45) is 5.10 Å². The molecule has 0 bridgehead atoms. The topological polar surface area (TPSA) is 85.9 Å². The number of phenols is 1. The van der Waals surface area contributed by atoms with Gasteiger partial charge in [-0.2, -0.15) is 9.78 Å². The molecule has 0 saturated heterocycles. The number of methoxy groups -OCH3 is 1. The van der Waals surface area contributed by atoms with Crippen LogP contribution in [0.2, 0.25) is 0 Å². The standard InChI is InChI=1S/C31H33N3O4/c1-7-11-22-15-21(16-28(37-6)29(22)35)18-32-34-30(33-26-13-10-9-12-23(26)31(34)36)25-17-24(19(3)4)27(38-8-2)14-20(25)5/h7,9-10,12-19,35H,1,8,11H2,2-6H3. The Morgan fingerprint density at radius 2 is 1.92 bits per heavy atom. The predicted molar refractivity (Wildman–Crippen MR) is 153 cm³/mol. The largest absolute Gasteiger partial charge is 0.504 e. The summed E-state index contributed by atoms with van der Waals surface area (Å²) >= 11 is 0. The maximum Gasteiger partial charge on any atom is 0.282 e. The Labute approximate surface area is 222 Å². The summed E-state index contributed by atoms with van der Waals surface area (Å²) in [5.74, 6) is 1.84. The Morgan fingerprint density at radius 3 is 2.61 bits per heavy atom. The summed E-state index contributed by atoms with van der Waals surface area (Å²) in [5, 5.41) is 15.5. The Morgan fingerprint density at radius 1 is 1.16 bits per heavy atom. The molecule has 0 unspecified atom stereocenters. The molecule has 0 amide bonds. The van der Waals surface area contributed by atoms with Crippen LogP contribution in [0.3, 0.4) is 0 Å². The van der Waals surface area contributed by atoms with E-state index in [1.165, 1.54) is 11.8 Å². The van der Waals surface area contributed by atoms with E-state index in [2.05, 4.69) is 25.5 Å². The van der Waals surface area contributed by atoms with Crippen molar-refractivity contribution in [3.63, 3.8) is 0 Å². The van der Waals surface area contributed by atoms with E-state index in [-0.39, 0.29) is 17.2 Å². The van der Waals surface area contributed by atoms with E-state index in [0.717, 1.165) is 22.4 Å². The van der Waals surface area contributed by atoms with Crippen LogP contribution >= 0.6 is 0 Å². The lowest BCUT2D eigenvalue weighted by molar-refractivity contribution is 0.335. The van der Waals surface area contributed by atoms with Gasteiger partial charge < -0.3 is 14.6 Å². The fourth-order valence-corrected chi connectivity index (χ4v) is 4.43. The van der Waals surface area contributed by atoms with E-state index >= 15 is 0 Å². The van der Waals surface area contributed by atoms with Gasteiger partial charge in [-0.05, 0) is 79.3 Å². The third kappa shape index (κ3) is 5.18. The van der Waals surface area contributed by atoms with E-state index in [1.807, 2.05) is 44.2 Å². The lowest BCUT2D eigenvalue weighted by Gasteiger charge is -2.18. The number of aromatic hydroxyl groups is 1. The highest BCUT2D eigenvalue weighted by Gasteiger charge is 2.19. The molecule has 38 heavy (non-hydrogen) atoms. The third-order valence-electron chi connectivity index (χ3n) is 6.36. The molecule has 0 radical (unpaired) electrons. The average Bonchev–Trinajstić information content (AvgIpc) is 2.90. The second-order valence-corrected chi connectivity index (χ2v) is 9.33. The Kier molecular flexibility index (Phi) is 7.96. The van der Waals surface area contributed by atoms with Crippen molar-refractivity contribution in [1.29, 1.82) is 0 Å². The molecule has 0 atom stereocenters.